The zero-order chi connectivity index (χ0) is 15.3. The molecule has 0 unspecified atom stereocenters. The minimum atomic E-state index is -3.41. The second-order valence-corrected chi connectivity index (χ2v) is 7.45. The summed E-state index contributed by atoms with van der Waals surface area (Å²) in [5, 5.41) is 3.36. The van der Waals surface area contributed by atoms with Gasteiger partial charge < -0.3 is 10.1 Å². The van der Waals surface area contributed by atoms with Crippen LogP contribution in [0, 0.1) is 5.92 Å². The van der Waals surface area contributed by atoms with Gasteiger partial charge in [0.1, 0.15) is 0 Å². The lowest BCUT2D eigenvalue weighted by Crippen LogP contribution is -2.30. The van der Waals surface area contributed by atoms with Crippen molar-refractivity contribution >= 4 is 15.7 Å². The van der Waals surface area contributed by atoms with Crippen molar-refractivity contribution in [2.24, 2.45) is 5.92 Å². The van der Waals surface area contributed by atoms with Crippen molar-refractivity contribution in [1.82, 2.24) is 4.72 Å². The van der Waals surface area contributed by atoms with Gasteiger partial charge in [-0.2, -0.15) is 0 Å². The molecule has 1 aliphatic rings. The third kappa shape index (κ3) is 4.98. The molecule has 2 rings (SSSR count). The van der Waals surface area contributed by atoms with E-state index in [1.165, 1.54) is 0 Å². The number of anilines is 1. The van der Waals surface area contributed by atoms with Crippen LogP contribution in [0.25, 0.3) is 0 Å². The first kappa shape index (κ1) is 16.3. The molecule has 0 saturated carbocycles. The third-order valence-electron chi connectivity index (χ3n) is 3.49. The Hall–Kier alpha value is -1.11. The molecule has 21 heavy (non-hydrogen) atoms. The van der Waals surface area contributed by atoms with E-state index in [4.69, 9.17) is 4.74 Å². The fraction of sp³-hybridized carbons (Fsp3) is 0.600. The maximum absolute atomic E-state index is 12.0. The molecule has 0 spiro atoms. The van der Waals surface area contributed by atoms with E-state index in [1.54, 1.807) is 26.0 Å². The number of benzene rings is 1. The lowest BCUT2D eigenvalue weighted by Gasteiger charge is -2.22. The number of sulfonamides is 1. The molecule has 0 bridgehead atoms. The zero-order valence-electron chi connectivity index (χ0n) is 12.6. The first-order valence-electron chi connectivity index (χ1n) is 7.41. The fourth-order valence-corrected chi connectivity index (χ4v) is 3.59. The van der Waals surface area contributed by atoms with Crippen LogP contribution in [-0.2, 0) is 14.8 Å². The highest BCUT2D eigenvalue weighted by Crippen LogP contribution is 2.18. The first-order valence-corrected chi connectivity index (χ1v) is 8.90. The largest absolute Gasteiger partial charge is 0.385 e. The summed E-state index contributed by atoms with van der Waals surface area (Å²) < 4.78 is 31.9. The first-order chi connectivity index (χ1) is 9.97. The van der Waals surface area contributed by atoms with E-state index in [1.807, 2.05) is 12.1 Å². The molecule has 1 aromatic carbocycles. The van der Waals surface area contributed by atoms with Crippen molar-refractivity contribution in [3.8, 4) is 0 Å². The van der Waals surface area contributed by atoms with Crippen LogP contribution >= 0.6 is 0 Å². The van der Waals surface area contributed by atoms with Crippen molar-refractivity contribution in [1.29, 1.82) is 0 Å². The molecule has 6 heteroatoms. The Morgan fingerprint density at radius 1 is 1.19 bits per heavy atom. The molecule has 0 aliphatic carbocycles. The van der Waals surface area contributed by atoms with Crippen LogP contribution < -0.4 is 10.0 Å². The molecule has 118 valence electrons. The zero-order valence-corrected chi connectivity index (χ0v) is 13.4. The van der Waals surface area contributed by atoms with Crippen LogP contribution in [0.3, 0.4) is 0 Å². The number of rotatable bonds is 6. The van der Waals surface area contributed by atoms with Crippen LogP contribution in [0.5, 0.6) is 0 Å². The van der Waals surface area contributed by atoms with Crippen molar-refractivity contribution in [3.63, 3.8) is 0 Å². The molecule has 1 heterocycles. The van der Waals surface area contributed by atoms with Gasteiger partial charge >= 0.3 is 0 Å². The predicted molar refractivity (Wildman–Crippen MR) is 83.9 cm³/mol. The summed E-state index contributed by atoms with van der Waals surface area (Å²) in [6.45, 7) is 6.19. The Bertz CT molecular complexity index is 535. The molecular weight excluding hydrogens is 288 g/mol. The molecular formula is C15H24N2O3S. The molecule has 0 amide bonds. The summed E-state index contributed by atoms with van der Waals surface area (Å²) in [5.74, 6) is 0.629. The molecule has 0 aromatic heterocycles. The summed E-state index contributed by atoms with van der Waals surface area (Å²) in [6.07, 6.45) is 2.16. The monoisotopic (exact) mass is 312 g/mol. The Balaban J connectivity index is 1.92. The molecule has 1 aromatic rings. The van der Waals surface area contributed by atoms with Gasteiger partial charge in [0, 0.05) is 31.5 Å². The summed E-state index contributed by atoms with van der Waals surface area (Å²) in [5.41, 5.74) is 0.949. The second-order valence-electron chi connectivity index (χ2n) is 5.74. The van der Waals surface area contributed by atoms with Gasteiger partial charge in [-0.15, -0.1) is 0 Å². The minimum absolute atomic E-state index is 0.110. The van der Waals surface area contributed by atoms with Gasteiger partial charge in [0.05, 0.1) is 4.90 Å². The van der Waals surface area contributed by atoms with Crippen LogP contribution in [0.15, 0.2) is 29.2 Å². The summed E-state index contributed by atoms with van der Waals surface area (Å²) >= 11 is 0. The Morgan fingerprint density at radius 3 is 2.38 bits per heavy atom. The van der Waals surface area contributed by atoms with Gasteiger partial charge in [-0.05, 0) is 56.9 Å². The topological polar surface area (TPSA) is 67.4 Å². The molecule has 5 nitrogen and oxygen atoms in total. The molecule has 0 atom stereocenters. The van der Waals surface area contributed by atoms with E-state index in [0.717, 1.165) is 38.3 Å². The van der Waals surface area contributed by atoms with Crippen LogP contribution in [0.2, 0.25) is 0 Å². The van der Waals surface area contributed by atoms with Crippen molar-refractivity contribution < 1.29 is 13.2 Å². The quantitative estimate of drug-likeness (QED) is 0.845. The van der Waals surface area contributed by atoms with Crippen LogP contribution in [-0.4, -0.2) is 34.2 Å². The van der Waals surface area contributed by atoms with Gasteiger partial charge in [-0.3, -0.25) is 0 Å². The van der Waals surface area contributed by atoms with Gasteiger partial charge in [0.15, 0.2) is 0 Å². The average molecular weight is 312 g/mol. The number of hydrogen-bond donors (Lipinski definition) is 2. The molecule has 2 N–H and O–H groups in total. The highest BCUT2D eigenvalue weighted by atomic mass is 32.2. The normalized spacial score (nSPS) is 17.1. The minimum Gasteiger partial charge on any atom is -0.385 e. The molecule has 1 fully saturated rings. The summed E-state index contributed by atoms with van der Waals surface area (Å²) in [4.78, 5) is 0.299. The summed E-state index contributed by atoms with van der Waals surface area (Å²) in [6, 6.07) is 6.79. The lowest BCUT2D eigenvalue weighted by atomic mass is 10.0. The lowest BCUT2D eigenvalue weighted by molar-refractivity contribution is 0.0699. The fourth-order valence-electron chi connectivity index (χ4n) is 2.34. The van der Waals surface area contributed by atoms with Crippen LogP contribution in [0.1, 0.15) is 26.7 Å². The number of nitrogens with one attached hydrogen (secondary N) is 2. The molecule has 0 radical (unpaired) electrons. The molecule has 1 saturated heterocycles. The van der Waals surface area contributed by atoms with E-state index in [0.29, 0.717) is 10.8 Å². The molecule has 1 aliphatic heterocycles. The maximum atomic E-state index is 12.0. The third-order valence-corrected chi connectivity index (χ3v) is 5.17. The van der Waals surface area contributed by atoms with Crippen LogP contribution in [0.4, 0.5) is 5.69 Å². The predicted octanol–water partition coefficient (Wildman–Crippen LogP) is 2.21. The highest BCUT2D eigenvalue weighted by Gasteiger charge is 2.16. The van der Waals surface area contributed by atoms with Gasteiger partial charge in [0.2, 0.25) is 10.0 Å². The van der Waals surface area contributed by atoms with E-state index in [2.05, 4.69) is 10.0 Å². The van der Waals surface area contributed by atoms with Crippen molar-refractivity contribution in [3.05, 3.63) is 24.3 Å². The van der Waals surface area contributed by atoms with E-state index < -0.39 is 10.0 Å². The van der Waals surface area contributed by atoms with Gasteiger partial charge in [0.25, 0.3) is 0 Å². The van der Waals surface area contributed by atoms with Gasteiger partial charge in [-0.25, -0.2) is 13.1 Å². The Morgan fingerprint density at radius 2 is 1.81 bits per heavy atom. The number of hydrogen-bond acceptors (Lipinski definition) is 4. The summed E-state index contributed by atoms with van der Waals surface area (Å²) in [7, 11) is -3.41. The van der Waals surface area contributed by atoms with E-state index >= 15 is 0 Å². The van der Waals surface area contributed by atoms with Crippen molar-refractivity contribution in [2.45, 2.75) is 37.6 Å². The standard InChI is InChI=1S/C15H24N2O3S/c1-12(2)17-21(18,19)15-5-3-14(4-6-15)16-11-13-7-9-20-10-8-13/h3-6,12-13,16-17H,7-11H2,1-2H3. The van der Waals surface area contributed by atoms with E-state index in [-0.39, 0.29) is 6.04 Å². The van der Waals surface area contributed by atoms with Gasteiger partial charge in [-0.1, -0.05) is 0 Å². The van der Waals surface area contributed by atoms with Crippen molar-refractivity contribution in [2.75, 3.05) is 25.1 Å². The number of ether oxygens (including phenoxy) is 1. The smallest absolute Gasteiger partial charge is 0.240 e. The Kier molecular flexibility index (Phi) is 5.61. The van der Waals surface area contributed by atoms with E-state index in [9.17, 15) is 8.42 Å². The SMILES string of the molecule is CC(C)NS(=O)(=O)c1ccc(NCC2CCOCC2)cc1. The highest BCUT2D eigenvalue weighted by molar-refractivity contribution is 7.89. The Labute approximate surface area is 127 Å². The maximum Gasteiger partial charge on any atom is 0.240 e. The second kappa shape index (κ2) is 7.24. The average Bonchev–Trinajstić information content (AvgIpc) is 2.45.